The summed E-state index contributed by atoms with van der Waals surface area (Å²) in [6.07, 6.45) is -0.837. The Morgan fingerprint density at radius 3 is 2.28 bits per heavy atom. The van der Waals surface area contributed by atoms with Crippen molar-refractivity contribution in [3.63, 3.8) is 0 Å². The van der Waals surface area contributed by atoms with Crippen molar-refractivity contribution < 1.29 is 39.2 Å². The second kappa shape index (κ2) is 21.0. The van der Waals surface area contributed by atoms with E-state index in [4.69, 9.17) is 48.6 Å². The number of halogens is 2. The molecule has 310 valence electrons. The summed E-state index contributed by atoms with van der Waals surface area (Å²) < 4.78 is 10.8. The number of aromatic hydroxyl groups is 2. The highest BCUT2D eigenvalue weighted by Gasteiger charge is 2.40. The number of fused-ring (bicyclic) bond motifs is 1. The fourth-order valence-corrected chi connectivity index (χ4v) is 7.44. The number of carboxylic acid groups (broad SMARTS) is 1. The van der Waals surface area contributed by atoms with E-state index in [0.29, 0.717) is 34.4 Å². The number of nitrogens with one attached hydrogen (secondary N) is 2. The summed E-state index contributed by atoms with van der Waals surface area (Å²) in [6, 6.07) is 24.8. The maximum absolute atomic E-state index is 13.6. The minimum absolute atomic E-state index is 0.0795. The lowest BCUT2D eigenvalue weighted by molar-refractivity contribution is -0.152. The zero-order valence-electron chi connectivity index (χ0n) is 32.7. The number of amides is 1. The van der Waals surface area contributed by atoms with Gasteiger partial charge in [0, 0.05) is 37.9 Å². The number of thioether (sulfide) groups is 1. The number of carbonyl (C=O) groups is 3. The first-order chi connectivity index (χ1) is 27.5. The summed E-state index contributed by atoms with van der Waals surface area (Å²) in [5.74, 6) is -0.867. The van der Waals surface area contributed by atoms with Gasteiger partial charge in [0.05, 0.1) is 40.3 Å². The number of phenols is 2. The van der Waals surface area contributed by atoms with E-state index >= 15 is 0 Å². The molecule has 2 aliphatic rings. The van der Waals surface area contributed by atoms with Crippen molar-refractivity contribution in [3.8, 4) is 17.2 Å². The predicted octanol–water partition coefficient (Wildman–Crippen LogP) is 6.18. The van der Waals surface area contributed by atoms with E-state index in [1.807, 2.05) is 67.5 Å². The minimum atomic E-state index is -1.39. The van der Waals surface area contributed by atoms with Crippen LogP contribution in [0.25, 0.3) is 0 Å². The summed E-state index contributed by atoms with van der Waals surface area (Å²) in [7, 11) is 5.54. The number of rotatable bonds is 10. The molecule has 2 heterocycles. The van der Waals surface area contributed by atoms with Crippen LogP contribution in [0, 0.1) is 0 Å². The van der Waals surface area contributed by atoms with Crippen LogP contribution in [0.1, 0.15) is 30.2 Å². The van der Waals surface area contributed by atoms with Gasteiger partial charge >= 0.3 is 11.9 Å². The predicted molar refractivity (Wildman–Crippen MR) is 229 cm³/mol. The first-order valence-corrected chi connectivity index (χ1v) is 19.7. The number of ether oxygens (including phenoxy) is 2. The van der Waals surface area contributed by atoms with E-state index < -0.39 is 23.6 Å². The molecule has 0 radical (unpaired) electrons. The number of esters is 1. The molecule has 58 heavy (non-hydrogen) atoms. The van der Waals surface area contributed by atoms with E-state index in [0.717, 1.165) is 40.9 Å². The van der Waals surface area contributed by atoms with Crippen molar-refractivity contribution in [2.75, 3.05) is 57.6 Å². The molecule has 0 spiro atoms. The monoisotopic (exact) mass is 854 g/mol. The van der Waals surface area contributed by atoms with Crippen LogP contribution in [0.2, 0.25) is 10.0 Å². The third-order valence-corrected chi connectivity index (χ3v) is 10.7. The quantitative estimate of drug-likeness (QED) is 0.0782. The van der Waals surface area contributed by atoms with Crippen molar-refractivity contribution in [2.24, 2.45) is 10.7 Å². The topological polar surface area (TPSA) is 199 Å². The molecule has 3 atom stereocenters. The van der Waals surface area contributed by atoms with Gasteiger partial charge < -0.3 is 51.0 Å². The SMILES string of the molecule is COc1ccc([C@@H]2Sc3ccccc3N(CCN(C)C)C(=O)[C@@H]2OC(C)=O)cc1.C[C@](N)(Cc1ccc(O)c(O)c1)C(=O)O.Clc1cccc(Cl)c1NC1=NCCN1. The number of anilines is 2. The number of aliphatic imine (C=N–C) groups is 1. The van der Waals surface area contributed by atoms with Crippen LogP contribution in [0.3, 0.4) is 0 Å². The first-order valence-electron chi connectivity index (χ1n) is 18.1. The lowest BCUT2D eigenvalue weighted by Crippen LogP contribution is -2.46. The number of benzene rings is 4. The average Bonchev–Trinajstić information content (AvgIpc) is 3.67. The van der Waals surface area contributed by atoms with Gasteiger partial charge in [-0.2, -0.15) is 0 Å². The molecule has 0 bridgehead atoms. The maximum atomic E-state index is 13.6. The Bertz CT molecular complexity index is 2070. The molecule has 0 fully saturated rings. The van der Waals surface area contributed by atoms with Gasteiger partial charge in [0.1, 0.15) is 11.3 Å². The van der Waals surface area contributed by atoms with Crippen LogP contribution in [0.5, 0.6) is 17.2 Å². The third-order valence-electron chi connectivity index (χ3n) is 8.68. The maximum Gasteiger partial charge on any atom is 0.323 e. The van der Waals surface area contributed by atoms with E-state index in [1.165, 1.54) is 32.0 Å². The van der Waals surface area contributed by atoms with E-state index in [1.54, 1.807) is 42.0 Å². The number of phenolic OH excluding ortho intramolecular Hbond substituents is 2. The number of carbonyl (C=O) groups excluding carboxylic acids is 2. The molecule has 6 rings (SSSR count). The number of nitrogens with two attached hydrogens (primary N) is 1. The number of hydrogen-bond acceptors (Lipinski definition) is 13. The highest BCUT2D eigenvalue weighted by Crippen LogP contribution is 2.47. The molecule has 0 saturated heterocycles. The van der Waals surface area contributed by atoms with Crippen molar-refractivity contribution in [3.05, 3.63) is 106 Å². The molecule has 4 aromatic carbocycles. The fourth-order valence-electron chi connectivity index (χ4n) is 5.63. The summed E-state index contributed by atoms with van der Waals surface area (Å²) in [5.41, 5.74) is 7.15. The van der Waals surface area contributed by atoms with Gasteiger partial charge in [-0.1, -0.05) is 59.6 Å². The highest BCUT2D eigenvalue weighted by molar-refractivity contribution is 7.99. The molecule has 0 saturated carbocycles. The van der Waals surface area contributed by atoms with Crippen LogP contribution in [-0.2, 0) is 25.5 Å². The van der Waals surface area contributed by atoms with Crippen molar-refractivity contribution >= 4 is 70.1 Å². The van der Waals surface area contributed by atoms with E-state index in [9.17, 15) is 19.5 Å². The van der Waals surface area contributed by atoms with Gasteiger partial charge in [-0.3, -0.25) is 19.4 Å². The Morgan fingerprint density at radius 1 is 1.03 bits per heavy atom. The smallest absolute Gasteiger partial charge is 0.323 e. The van der Waals surface area contributed by atoms with E-state index in [-0.39, 0.29) is 29.1 Å². The summed E-state index contributed by atoms with van der Waals surface area (Å²) in [4.78, 5) is 45.1. The van der Waals surface area contributed by atoms with E-state index in [2.05, 4.69) is 15.6 Å². The number of nitrogens with zero attached hydrogens (tertiary/aromatic N) is 3. The van der Waals surface area contributed by atoms with Crippen molar-refractivity contribution in [2.45, 2.75) is 42.1 Å². The zero-order valence-corrected chi connectivity index (χ0v) is 35.1. The first kappa shape index (κ1) is 45.5. The fraction of sp³-hybridized carbons (Fsp3) is 0.317. The molecule has 14 nitrogen and oxygen atoms in total. The van der Waals surface area contributed by atoms with Crippen LogP contribution in [0.15, 0.2) is 94.8 Å². The second-order valence-electron chi connectivity index (χ2n) is 13.7. The van der Waals surface area contributed by atoms with Gasteiger partial charge in [-0.25, -0.2) is 0 Å². The lowest BCUT2D eigenvalue weighted by atomic mass is 9.94. The zero-order chi connectivity index (χ0) is 42.6. The number of carboxylic acids is 1. The van der Waals surface area contributed by atoms with Crippen LogP contribution >= 0.6 is 35.0 Å². The molecule has 1 amide bonds. The number of methoxy groups -OCH3 is 1. The molecule has 17 heteroatoms. The Kier molecular flexibility index (Phi) is 16.5. The molecule has 0 aliphatic carbocycles. The molecular formula is C41H48Cl2N6O8S. The Morgan fingerprint density at radius 2 is 1.71 bits per heavy atom. The largest absolute Gasteiger partial charge is 0.504 e. The number of aliphatic carboxylic acids is 1. The Balaban J connectivity index is 0.000000215. The molecule has 7 N–H and O–H groups in total. The number of hydrogen-bond donors (Lipinski definition) is 6. The molecule has 4 aromatic rings. The van der Waals surface area contributed by atoms with Gasteiger partial charge in [0.25, 0.3) is 5.91 Å². The standard InChI is InChI=1S/C22H26N2O4S.C10H13NO4.C9H9Cl2N3/c1-15(25)28-20-21(16-9-11-17(27-4)12-10-16)29-19-8-6-5-7-18(19)24(22(20)26)14-13-23(2)3;1-10(11,9(14)15)5-6-2-3-7(12)8(13)4-6;10-6-2-1-3-7(11)8(6)14-9-12-4-5-13-9/h5-12,20-21H,13-14H2,1-4H3;2-4,12-13H,5,11H2,1H3,(H,14,15);1-3H,4-5H2,(H2,12,13,14)/t20-,21+;10-;/m10./s1. The highest BCUT2D eigenvalue weighted by atomic mass is 35.5. The van der Waals surface area contributed by atoms with Crippen LogP contribution in [0.4, 0.5) is 11.4 Å². The Labute approximate surface area is 351 Å². The molecule has 0 unspecified atom stereocenters. The molecule has 2 aliphatic heterocycles. The van der Waals surface area contributed by atoms with Crippen LogP contribution in [-0.4, -0.2) is 103 Å². The minimum Gasteiger partial charge on any atom is -0.504 e. The Hall–Kier alpha value is -5.19. The molecular weight excluding hydrogens is 807 g/mol. The molecule has 0 aromatic heterocycles. The van der Waals surface area contributed by atoms with Gasteiger partial charge in [0.2, 0.25) is 0 Å². The number of likely N-dealkylation sites (N-methyl/N-ethyl adjacent to an activating group) is 1. The average molecular weight is 856 g/mol. The van der Waals surface area contributed by atoms with Crippen molar-refractivity contribution in [1.82, 2.24) is 10.2 Å². The number of para-hydroxylation sites is 2. The summed E-state index contributed by atoms with van der Waals surface area (Å²) >= 11 is 13.5. The van der Waals surface area contributed by atoms with Gasteiger partial charge in [-0.05, 0) is 80.7 Å². The normalized spacial score (nSPS) is 16.8. The summed E-state index contributed by atoms with van der Waals surface area (Å²) in [5, 5.41) is 34.0. The lowest BCUT2D eigenvalue weighted by Gasteiger charge is -2.28. The second-order valence-corrected chi connectivity index (χ2v) is 15.7. The van der Waals surface area contributed by atoms with Gasteiger partial charge in [-0.15, -0.1) is 11.8 Å². The van der Waals surface area contributed by atoms with Crippen LogP contribution < -0.4 is 26.0 Å². The summed E-state index contributed by atoms with van der Waals surface area (Å²) in [6.45, 7) is 5.57. The number of guanidine groups is 1. The van der Waals surface area contributed by atoms with Crippen molar-refractivity contribution in [1.29, 1.82) is 0 Å². The van der Waals surface area contributed by atoms with Gasteiger partial charge in [0.15, 0.2) is 23.6 Å². The third kappa shape index (κ3) is 12.7.